The lowest BCUT2D eigenvalue weighted by molar-refractivity contribution is 0.481. The molecule has 0 aliphatic rings. The van der Waals surface area contributed by atoms with Crippen LogP contribution in [0.5, 0.6) is 11.5 Å². The van der Waals surface area contributed by atoms with E-state index in [1.807, 2.05) is 24.3 Å². The smallest absolute Gasteiger partial charge is 0.128 e. The largest absolute Gasteiger partial charge is 0.457 e. The van der Waals surface area contributed by atoms with Crippen LogP contribution in [0.3, 0.4) is 0 Å². The van der Waals surface area contributed by atoms with Crippen molar-refractivity contribution in [1.82, 2.24) is 0 Å². The molecule has 0 spiro atoms. The molecule has 2 N–H and O–H groups in total. The maximum absolute atomic E-state index is 8.94. The summed E-state index contributed by atoms with van der Waals surface area (Å²) in [5.41, 5.74) is 7.79. The molecule has 0 saturated carbocycles. The van der Waals surface area contributed by atoms with Crippen molar-refractivity contribution in [3.05, 3.63) is 53.6 Å². The lowest BCUT2D eigenvalue weighted by Crippen LogP contribution is -1.92. The summed E-state index contributed by atoms with van der Waals surface area (Å²) in [6.45, 7) is 4.27. The molecule has 2 aromatic carbocycles. The second-order valence-corrected chi connectivity index (χ2v) is 4.69. The molecule has 0 heterocycles. The van der Waals surface area contributed by atoms with Gasteiger partial charge < -0.3 is 10.5 Å². The third kappa shape index (κ3) is 3.05. The second kappa shape index (κ2) is 5.45. The molecule has 2 aromatic rings. The zero-order valence-electron chi connectivity index (χ0n) is 11.1. The molecule has 0 aromatic heterocycles. The molecule has 2 rings (SSSR count). The Bertz CT molecular complexity index is 627. The number of benzene rings is 2. The first-order valence-corrected chi connectivity index (χ1v) is 6.17. The number of nitrogen functional groups attached to an aromatic ring is 1. The fourth-order valence-electron chi connectivity index (χ4n) is 1.77. The van der Waals surface area contributed by atoms with Gasteiger partial charge >= 0.3 is 0 Å². The Balaban J connectivity index is 2.26. The highest BCUT2D eigenvalue weighted by Gasteiger charge is 2.04. The highest BCUT2D eigenvalue weighted by Crippen LogP contribution is 2.27. The topological polar surface area (TPSA) is 59.0 Å². The van der Waals surface area contributed by atoms with E-state index in [2.05, 4.69) is 19.9 Å². The maximum atomic E-state index is 8.94. The number of anilines is 1. The minimum absolute atomic E-state index is 0.428. The van der Waals surface area contributed by atoms with Crippen molar-refractivity contribution < 1.29 is 4.74 Å². The van der Waals surface area contributed by atoms with Gasteiger partial charge in [0.05, 0.1) is 5.56 Å². The lowest BCUT2D eigenvalue weighted by atomic mass is 10.0. The van der Waals surface area contributed by atoms with Crippen LogP contribution >= 0.6 is 0 Å². The van der Waals surface area contributed by atoms with Crippen molar-refractivity contribution in [3.63, 3.8) is 0 Å². The Hall–Kier alpha value is -2.47. The fraction of sp³-hybridized carbons (Fsp3) is 0.188. The lowest BCUT2D eigenvalue weighted by Gasteiger charge is -2.10. The summed E-state index contributed by atoms with van der Waals surface area (Å²) in [7, 11) is 0. The van der Waals surface area contributed by atoms with Gasteiger partial charge in [-0.15, -0.1) is 0 Å². The van der Waals surface area contributed by atoms with Crippen LogP contribution in [0.15, 0.2) is 42.5 Å². The summed E-state index contributed by atoms with van der Waals surface area (Å²) in [4.78, 5) is 0. The first kappa shape index (κ1) is 13.0. The van der Waals surface area contributed by atoms with E-state index < -0.39 is 0 Å². The van der Waals surface area contributed by atoms with Crippen molar-refractivity contribution in [2.24, 2.45) is 0 Å². The Morgan fingerprint density at radius 2 is 1.84 bits per heavy atom. The van der Waals surface area contributed by atoms with Crippen LogP contribution in [0.25, 0.3) is 0 Å². The van der Waals surface area contributed by atoms with Gasteiger partial charge in [0.15, 0.2) is 0 Å². The third-order valence-electron chi connectivity index (χ3n) is 2.91. The molecule has 0 amide bonds. The van der Waals surface area contributed by atoms with E-state index in [1.54, 1.807) is 18.2 Å². The number of nitrogens with two attached hydrogens (primary N) is 1. The van der Waals surface area contributed by atoms with Crippen molar-refractivity contribution in [1.29, 1.82) is 5.26 Å². The Morgan fingerprint density at radius 3 is 2.53 bits per heavy atom. The Labute approximate surface area is 113 Å². The molecule has 0 saturated heterocycles. The summed E-state index contributed by atoms with van der Waals surface area (Å²) in [6.07, 6.45) is 0. The zero-order chi connectivity index (χ0) is 13.8. The van der Waals surface area contributed by atoms with Gasteiger partial charge in [-0.1, -0.05) is 26.0 Å². The summed E-state index contributed by atoms with van der Waals surface area (Å²) < 4.78 is 5.76. The van der Waals surface area contributed by atoms with Crippen molar-refractivity contribution >= 4 is 5.69 Å². The van der Waals surface area contributed by atoms with Crippen LogP contribution in [0.2, 0.25) is 0 Å². The van der Waals surface area contributed by atoms with Crippen LogP contribution in [0.1, 0.15) is 30.9 Å². The summed E-state index contributed by atoms with van der Waals surface area (Å²) in [6, 6.07) is 15.1. The molecule has 0 aliphatic heterocycles. The average molecular weight is 252 g/mol. The predicted molar refractivity (Wildman–Crippen MR) is 76.2 cm³/mol. The van der Waals surface area contributed by atoms with Crippen molar-refractivity contribution in [2.45, 2.75) is 19.8 Å². The molecular formula is C16H16N2O. The highest BCUT2D eigenvalue weighted by molar-refractivity contribution is 5.57. The average Bonchev–Trinajstić information content (AvgIpc) is 2.41. The number of rotatable bonds is 3. The molecule has 0 radical (unpaired) electrons. The Morgan fingerprint density at radius 1 is 1.11 bits per heavy atom. The predicted octanol–water partition coefficient (Wildman–Crippen LogP) is 4.06. The van der Waals surface area contributed by atoms with E-state index >= 15 is 0 Å². The van der Waals surface area contributed by atoms with Crippen LogP contribution in [-0.2, 0) is 0 Å². The van der Waals surface area contributed by atoms with E-state index in [1.165, 1.54) is 5.56 Å². The van der Waals surface area contributed by atoms with E-state index in [0.29, 0.717) is 22.9 Å². The van der Waals surface area contributed by atoms with E-state index in [-0.39, 0.29) is 0 Å². The van der Waals surface area contributed by atoms with Gasteiger partial charge in [0.1, 0.15) is 17.6 Å². The maximum Gasteiger partial charge on any atom is 0.128 e. The number of nitrogens with zero attached hydrogens (tertiary/aromatic N) is 1. The van der Waals surface area contributed by atoms with Gasteiger partial charge in [0.25, 0.3) is 0 Å². The summed E-state index contributed by atoms with van der Waals surface area (Å²) >= 11 is 0. The van der Waals surface area contributed by atoms with Gasteiger partial charge in [0, 0.05) is 11.8 Å². The van der Waals surface area contributed by atoms with E-state index in [4.69, 9.17) is 15.7 Å². The molecule has 0 unspecified atom stereocenters. The highest BCUT2D eigenvalue weighted by atomic mass is 16.5. The third-order valence-corrected chi connectivity index (χ3v) is 2.91. The van der Waals surface area contributed by atoms with Gasteiger partial charge in [0.2, 0.25) is 0 Å². The number of ether oxygens (including phenoxy) is 1. The van der Waals surface area contributed by atoms with E-state index in [9.17, 15) is 0 Å². The van der Waals surface area contributed by atoms with Gasteiger partial charge in [-0.2, -0.15) is 5.26 Å². The minimum atomic E-state index is 0.428. The Kier molecular flexibility index (Phi) is 3.72. The van der Waals surface area contributed by atoms with Crippen LogP contribution < -0.4 is 10.5 Å². The normalized spacial score (nSPS) is 10.2. The molecule has 0 bridgehead atoms. The molecule has 19 heavy (non-hydrogen) atoms. The molecule has 0 atom stereocenters. The van der Waals surface area contributed by atoms with Crippen LogP contribution in [0, 0.1) is 11.3 Å². The minimum Gasteiger partial charge on any atom is -0.457 e. The molecule has 3 nitrogen and oxygen atoms in total. The van der Waals surface area contributed by atoms with Crippen molar-refractivity contribution in [3.8, 4) is 17.6 Å². The molecule has 96 valence electrons. The number of hydrogen-bond acceptors (Lipinski definition) is 3. The van der Waals surface area contributed by atoms with E-state index in [0.717, 1.165) is 5.75 Å². The fourth-order valence-corrected chi connectivity index (χ4v) is 1.77. The number of hydrogen-bond donors (Lipinski definition) is 1. The molecule has 0 aliphatic carbocycles. The van der Waals surface area contributed by atoms with Gasteiger partial charge in [-0.05, 0) is 35.7 Å². The van der Waals surface area contributed by atoms with Crippen LogP contribution in [0.4, 0.5) is 5.69 Å². The molecular weight excluding hydrogens is 236 g/mol. The molecule has 0 fully saturated rings. The van der Waals surface area contributed by atoms with Gasteiger partial charge in [-0.25, -0.2) is 0 Å². The summed E-state index contributed by atoms with van der Waals surface area (Å²) in [5.74, 6) is 1.83. The SMILES string of the molecule is CC(C)c1cccc(Oc2ccc(N)c(C#N)c2)c1. The first-order chi connectivity index (χ1) is 9.10. The second-order valence-electron chi connectivity index (χ2n) is 4.69. The van der Waals surface area contributed by atoms with Crippen LogP contribution in [-0.4, -0.2) is 0 Å². The monoisotopic (exact) mass is 252 g/mol. The van der Waals surface area contributed by atoms with Gasteiger partial charge in [-0.3, -0.25) is 0 Å². The number of nitriles is 1. The van der Waals surface area contributed by atoms with Crippen molar-refractivity contribution in [2.75, 3.05) is 5.73 Å². The first-order valence-electron chi connectivity index (χ1n) is 6.17. The summed E-state index contributed by atoms with van der Waals surface area (Å²) in [5, 5.41) is 8.94. The quantitative estimate of drug-likeness (QED) is 0.838. The standard InChI is InChI=1S/C16H16N2O/c1-11(2)12-4-3-5-14(8-12)19-15-6-7-16(18)13(9-15)10-17/h3-9,11H,18H2,1-2H3. The molecule has 3 heteroatoms. The zero-order valence-corrected chi connectivity index (χ0v) is 11.1.